The van der Waals surface area contributed by atoms with Crippen LogP contribution in [0.4, 0.5) is 0 Å². The number of carbonyl (C=O) groups excluding carboxylic acids is 1. The number of benzene rings is 2. The lowest BCUT2D eigenvalue weighted by Gasteiger charge is -2.08. The average Bonchev–Trinajstić information content (AvgIpc) is 2.50. The summed E-state index contributed by atoms with van der Waals surface area (Å²) >= 11 is 0. The van der Waals surface area contributed by atoms with Crippen LogP contribution in [0.25, 0.3) is 0 Å². The van der Waals surface area contributed by atoms with E-state index in [0.29, 0.717) is 25.1 Å². The van der Waals surface area contributed by atoms with Gasteiger partial charge in [0, 0.05) is 6.54 Å². The van der Waals surface area contributed by atoms with Crippen molar-refractivity contribution < 1.29 is 14.6 Å². The third-order valence-corrected chi connectivity index (χ3v) is 3.02. The van der Waals surface area contributed by atoms with Gasteiger partial charge >= 0.3 is 0 Å². The quantitative estimate of drug-likeness (QED) is 0.802. The van der Waals surface area contributed by atoms with Crippen LogP contribution in [0.5, 0.6) is 11.5 Å². The van der Waals surface area contributed by atoms with Crippen LogP contribution in [0.15, 0.2) is 48.5 Å². The Kier molecular flexibility index (Phi) is 5.21. The van der Waals surface area contributed by atoms with Crippen molar-refractivity contribution in [2.24, 2.45) is 0 Å². The predicted molar refractivity (Wildman–Crippen MR) is 81.7 cm³/mol. The number of rotatable bonds is 6. The van der Waals surface area contributed by atoms with Gasteiger partial charge in [0.25, 0.3) is 5.91 Å². The number of amides is 1. The molecule has 2 N–H and O–H groups in total. The largest absolute Gasteiger partial charge is 0.507 e. The second-order valence-electron chi connectivity index (χ2n) is 4.79. The number of nitrogens with one attached hydrogen (secondary N) is 1. The van der Waals surface area contributed by atoms with Crippen molar-refractivity contribution in [2.45, 2.75) is 13.3 Å². The van der Waals surface area contributed by atoms with Crippen LogP contribution in [-0.4, -0.2) is 24.2 Å². The molecule has 0 heterocycles. The summed E-state index contributed by atoms with van der Waals surface area (Å²) in [6.45, 7) is 2.91. The summed E-state index contributed by atoms with van der Waals surface area (Å²) in [5.41, 5.74) is 1.24. The molecule has 0 radical (unpaired) electrons. The van der Waals surface area contributed by atoms with Crippen LogP contribution < -0.4 is 10.1 Å². The lowest BCUT2D eigenvalue weighted by Crippen LogP contribution is -2.25. The highest BCUT2D eigenvalue weighted by atomic mass is 16.5. The lowest BCUT2D eigenvalue weighted by molar-refractivity contribution is 0.0949. The van der Waals surface area contributed by atoms with Gasteiger partial charge in [-0.15, -0.1) is 0 Å². The van der Waals surface area contributed by atoms with Gasteiger partial charge in [0.05, 0.1) is 12.2 Å². The smallest absolute Gasteiger partial charge is 0.255 e. The van der Waals surface area contributed by atoms with Crippen molar-refractivity contribution in [1.82, 2.24) is 5.32 Å². The summed E-state index contributed by atoms with van der Waals surface area (Å²) in [6, 6.07) is 14.5. The Morgan fingerprint density at radius 1 is 1.19 bits per heavy atom. The molecule has 2 aromatic rings. The lowest BCUT2D eigenvalue weighted by atomic mass is 10.1. The number of ether oxygens (including phenoxy) is 1. The van der Waals surface area contributed by atoms with Gasteiger partial charge in [-0.3, -0.25) is 4.79 Å². The van der Waals surface area contributed by atoms with Gasteiger partial charge in [-0.05, 0) is 37.6 Å². The minimum atomic E-state index is -0.268. The number of carbonyl (C=O) groups is 1. The van der Waals surface area contributed by atoms with Crippen LogP contribution in [0, 0.1) is 6.92 Å². The highest BCUT2D eigenvalue weighted by molar-refractivity contribution is 5.96. The number of hydrogen-bond donors (Lipinski definition) is 2. The average molecular weight is 285 g/mol. The fourth-order valence-electron chi connectivity index (χ4n) is 1.91. The molecule has 0 unspecified atom stereocenters. The molecule has 2 rings (SSSR count). The van der Waals surface area contributed by atoms with E-state index in [4.69, 9.17) is 4.74 Å². The maximum Gasteiger partial charge on any atom is 0.255 e. The maximum atomic E-state index is 11.9. The molecule has 0 aliphatic rings. The predicted octanol–water partition coefficient (Wildman–Crippen LogP) is 2.90. The van der Waals surface area contributed by atoms with Crippen LogP contribution in [0.3, 0.4) is 0 Å². The number of phenols is 1. The van der Waals surface area contributed by atoms with E-state index in [0.717, 1.165) is 11.3 Å². The Hall–Kier alpha value is -2.49. The third kappa shape index (κ3) is 4.53. The minimum absolute atomic E-state index is 0.00126. The fraction of sp³-hybridized carbons (Fsp3) is 0.235. The van der Waals surface area contributed by atoms with E-state index < -0.39 is 0 Å². The molecule has 0 saturated carbocycles. The van der Waals surface area contributed by atoms with Gasteiger partial charge in [0.15, 0.2) is 0 Å². The molecule has 0 saturated heterocycles. The Bertz CT molecular complexity index is 596. The third-order valence-electron chi connectivity index (χ3n) is 3.02. The zero-order chi connectivity index (χ0) is 15.1. The molecule has 0 fully saturated rings. The number of aryl methyl sites for hydroxylation is 1. The maximum absolute atomic E-state index is 11.9. The fourth-order valence-corrected chi connectivity index (χ4v) is 1.91. The summed E-state index contributed by atoms with van der Waals surface area (Å²) in [5, 5.41) is 12.4. The van der Waals surface area contributed by atoms with Crippen molar-refractivity contribution in [3.05, 3.63) is 59.7 Å². The van der Waals surface area contributed by atoms with Crippen molar-refractivity contribution in [1.29, 1.82) is 0 Å². The highest BCUT2D eigenvalue weighted by Crippen LogP contribution is 2.17. The molecule has 0 bridgehead atoms. The number of phenolic OH excluding ortho intramolecular Hbond substituents is 1. The first-order valence-electron chi connectivity index (χ1n) is 6.92. The summed E-state index contributed by atoms with van der Waals surface area (Å²) < 4.78 is 5.54. The van der Waals surface area contributed by atoms with Crippen molar-refractivity contribution in [2.75, 3.05) is 13.2 Å². The van der Waals surface area contributed by atoms with Gasteiger partial charge in [0.2, 0.25) is 0 Å². The molecule has 4 heteroatoms. The first-order chi connectivity index (χ1) is 10.2. The number of para-hydroxylation sites is 1. The first kappa shape index (κ1) is 14.9. The van der Waals surface area contributed by atoms with E-state index in [1.165, 1.54) is 6.07 Å². The SMILES string of the molecule is Cc1ccc(O)c(C(=O)NCCCOc2ccccc2)c1. The van der Waals surface area contributed by atoms with Crippen molar-refractivity contribution in [3.8, 4) is 11.5 Å². The van der Waals surface area contributed by atoms with E-state index in [2.05, 4.69) is 5.32 Å². The highest BCUT2D eigenvalue weighted by Gasteiger charge is 2.10. The zero-order valence-electron chi connectivity index (χ0n) is 12.0. The van der Waals surface area contributed by atoms with Crippen LogP contribution in [0.2, 0.25) is 0 Å². The topological polar surface area (TPSA) is 58.6 Å². The molecule has 0 aromatic heterocycles. The van der Waals surface area contributed by atoms with E-state index in [9.17, 15) is 9.90 Å². The van der Waals surface area contributed by atoms with Crippen LogP contribution in [-0.2, 0) is 0 Å². The molecule has 110 valence electrons. The monoisotopic (exact) mass is 285 g/mol. The molecule has 4 nitrogen and oxygen atoms in total. The molecule has 0 aliphatic carbocycles. The van der Waals surface area contributed by atoms with Gasteiger partial charge < -0.3 is 15.2 Å². The zero-order valence-corrected chi connectivity index (χ0v) is 12.0. The van der Waals surface area contributed by atoms with Crippen molar-refractivity contribution in [3.63, 3.8) is 0 Å². The molecule has 2 aromatic carbocycles. The Balaban J connectivity index is 1.73. The standard InChI is InChI=1S/C17H19NO3/c1-13-8-9-16(19)15(12-13)17(20)18-10-5-11-21-14-6-3-2-4-7-14/h2-4,6-9,12,19H,5,10-11H2,1H3,(H,18,20). The Morgan fingerprint density at radius 2 is 1.95 bits per heavy atom. The summed E-state index contributed by atoms with van der Waals surface area (Å²) in [6.07, 6.45) is 0.702. The normalized spacial score (nSPS) is 10.1. The van der Waals surface area contributed by atoms with Gasteiger partial charge in [-0.25, -0.2) is 0 Å². The number of aromatic hydroxyl groups is 1. The summed E-state index contributed by atoms with van der Waals surface area (Å²) in [7, 11) is 0. The minimum Gasteiger partial charge on any atom is -0.507 e. The van der Waals surface area contributed by atoms with E-state index in [1.54, 1.807) is 12.1 Å². The second kappa shape index (κ2) is 7.33. The molecular formula is C17H19NO3. The number of hydrogen-bond acceptors (Lipinski definition) is 3. The van der Waals surface area contributed by atoms with Crippen LogP contribution >= 0.6 is 0 Å². The molecule has 0 atom stereocenters. The van der Waals surface area contributed by atoms with Crippen molar-refractivity contribution >= 4 is 5.91 Å². The Labute approximate surface area is 124 Å². The van der Waals surface area contributed by atoms with E-state index in [1.807, 2.05) is 37.3 Å². The van der Waals surface area contributed by atoms with Gasteiger partial charge in [-0.2, -0.15) is 0 Å². The summed E-state index contributed by atoms with van der Waals surface area (Å²) in [4.78, 5) is 11.9. The Morgan fingerprint density at radius 3 is 2.71 bits per heavy atom. The molecule has 0 spiro atoms. The van der Waals surface area contributed by atoms with E-state index >= 15 is 0 Å². The van der Waals surface area contributed by atoms with Gasteiger partial charge in [-0.1, -0.05) is 29.8 Å². The second-order valence-corrected chi connectivity index (χ2v) is 4.79. The summed E-state index contributed by atoms with van der Waals surface area (Å²) in [5.74, 6) is 0.551. The molecule has 21 heavy (non-hydrogen) atoms. The van der Waals surface area contributed by atoms with Gasteiger partial charge in [0.1, 0.15) is 11.5 Å². The molecular weight excluding hydrogens is 266 g/mol. The van der Waals surface area contributed by atoms with E-state index in [-0.39, 0.29) is 11.7 Å². The molecule has 0 aliphatic heterocycles. The first-order valence-corrected chi connectivity index (χ1v) is 6.92. The molecule has 1 amide bonds. The van der Waals surface area contributed by atoms with Crippen LogP contribution in [0.1, 0.15) is 22.3 Å².